The van der Waals surface area contributed by atoms with Gasteiger partial charge in [0.25, 0.3) is 0 Å². The van der Waals surface area contributed by atoms with E-state index in [2.05, 4.69) is 29.1 Å². The van der Waals surface area contributed by atoms with Crippen molar-refractivity contribution in [3.8, 4) is 5.88 Å². The number of ether oxygens (including phenoxy) is 1. The Kier molecular flexibility index (Phi) is 6.28. The van der Waals surface area contributed by atoms with Crippen LogP contribution in [0.15, 0.2) is 23.3 Å². The van der Waals surface area contributed by atoms with Crippen molar-refractivity contribution in [1.29, 1.82) is 0 Å². The molecule has 0 unspecified atom stereocenters. The van der Waals surface area contributed by atoms with Crippen molar-refractivity contribution in [2.45, 2.75) is 13.8 Å². The van der Waals surface area contributed by atoms with E-state index < -0.39 is 0 Å². The van der Waals surface area contributed by atoms with Crippen LogP contribution >= 0.6 is 11.6 Å². The van der Waals surface area contributed by atoms with Gasteiger partial charge in [-0.2, -0.15) is 0 Å². The predicted molar refractivity (Wildman–Crippen MR) is 74.1 cm³/mol. The fourth-order valence-corrected chi connectivity index (χ4v) is 1.32. The van der Waals surface area contributed by atoms with Gasteiger partial charge in [-0.15, -0.1) is 0 Å². The summed E-state index contributed by atoms with van der Waals surface area (Å²) in [6.45, 7) is 5.87. The molecule has 6 heteroatoms. The summed E-state index contributed by atoms with van der Waals surface area (Å²) in [5.74, 6) is 1.35. The number of nitrogens with one attached hydrogen (secondary N) is 1. The van der Waals surface area contributed by atoms with E-state index >= 15 is 0 Å². The summed E-state index contributed by atoms with van der Waals surface area (Å²) in [4.78, 5) is 8.18. The van der Waals surface area contributed by atoms with Crippen molar-refractivity contribution in [1.82, 2.24) is 10.3 Å². The summed E-state index contributed by atoms with van der Waals surface area (Å²) in [6.07, 6.45) is 1.63. The van der Waals surface area contributed by atoms with Crippen molar-refractivity contribution in [2.75, 3.05) is 19.7 Å². The third-order valence-electron chi connectivity index (χ3n) is 2.00. The fourth-order valence-electron chi connectivity index (χ4n) is 1.14. The van der Waals surface area contributed by atoms with Crippen molar-refractivity contribution in [3.05, 3.63) is 23.4 Å². The Morgan fingerprint density at radius 1 is 1.61 bits per heavy atom. The summed E-state index contributed by atoms with van der Waals surface area (Å²) in [5, 5.41) is 3.46. The highest BCUT2D eigenvalue weighted by Gasteiger charge is 2.01. The molecule has 0 fully saturated rings. The van der Waals surface area contributed by atoms with Gasteiger partial charge in [0.05, 0.1) is 6.54 Å². The second kappa shape index (κ2) is 7.76. The largest absolute Gasteiger partial charge is 0.475 e. The average Bonchev–Trinajstić information content (AvgIpc) is 2.34. The van der Waals surface area contributed by atoms with Crippen LogP contribution in [0.2, 0.25) is 5.02 Å². The minimum atomic E-state index is 0.425. The van der Waals surface area contributed by atoms with E-state index in [-0.39, 0.29) is 0 Å². The number of halogens is 1. The molecule has 0 bridgehead atoms. The molecule has 0 aliphatic heterocycles. The summed E-state index contributed by atoms with van der Waals surface area (Å²) < 4.78 is 5.40. The third-order valence-corrected chi connectivity index (χ3v) is 2.29. The molecule has 0 aromatic carbocycles. The van der Waals surface area contributed by atoms with Crippen molar-refractivity contribution >= 4 is 17.6 Å². The lowest BCUT2D eigenvalue weighted by Crippen LogP contribution is -2.35. The van der Waals surface area contributed by atoms with Gasteiger partial charge in [0.15, 0.2) is 5.96 Å². The molecule has 0 saturated carbocycles. The van der Waals surface area contributed by atoms with Gasteiger partial charge in [0.2, 0.25) is 5.88 Å². The lowest BCUT2D eigenvalue weighted by atomic mass is 10.2. The maximum atomic E-state index is 5.89. The van der Waals surface area contributed by atoms with Gasteiger partial charge in [-0.25, -0.2) is 4.98 Å². The molecule has 0 atom stereocenters. The first-order chi connectivity index (χ1) is 8.59. The molecule has 18 heavy (non-hydrogen) atoms. The summed E-state index contributed by atoms with van der Waals surface area (Å²) in [7, 11) is 0. The van der Waals surface area contributed by atoms with Gasteiger partial charge < -0.3 is 15.8 Å². The Morgan fingerprint density at radius 2 is 2.39 bits per heavy atom. The van der Waals surface area contributed by atoms with Crippen LogP contribution in [0.3, 0.4) is 0 Å². The third kappa shape index (κ3) is 5.72. The van der Waals surface area contributed by atoms with E-state index in [0.29, 0.717) is 42.5 Å². The first-order valence-electron chi connectivity index (χ1n) is 5.86. The number of aromatic nitrogens is 1. The molecule has 1 aromatic rings. The average molecular weight is 271 g/mol. The van der Waals surface area contributed by atoms with Crippen LogP contribution < -0.4 is 15.8 Å². The molecule has 0 radical (unpaired) electrons. The Bertz CT molecular complexity index is 395. The Labute approximate surface area is 112 Å². The number of aliphatic imine (C=N–C) groups is 1. The number of hydrogen-bond acceptors (Lipinski definition) is 3. The van der Waals surface area contributed by atoms with Gasteiger partial charge in [-0.3, -0.25) is 4.99 Å². The number of nitrogens with two attached hydrogens (primary N) is 1. The number of hydrogen-bond donors (Lipinski definition) is 2. The molecule has 1 rings (SSSR count). The maximum absolute atomic E-state index is 5.89. The second-order valence-corrected chi connectivity index (χ2v) is 4.59. The van der Waals surface area contributed by atoms with E-state index in [1.807, 2.05) is 0 Å². The Balaban J connectivity index is 2.23. The first kappa shape index (κ1) is 14.6. The predicted octanol–water partition coefficient (Wildman–Crippen LogP) is 1.67. The molecule has 0 saturated heterocycles. The zero-order chi connectivity index (χ0) is 13.4. The Hall–Kier alpha value is -1.49. The summed E-state index contributed by atoms with van der Waals surface area (Å²) in [5.41, 5.74) is 5.67. The topological polar surface area (TPSA) is 72.5 Å². The van der Waals surface area contributed by atoms with Crippen LogP contribution in [0, 0.1) is 5.92 Å². The smallest absolute Gasteiger partial charge is 0.232 e. The summed E-state index contributed by atoms with van der Waals surface area (Å²) >= 11 is 5.89. The number of guanidine groups is 1. The maximum Gasteiger partial charge on any atom is 0.232 e. The molecular weight excluding hydrogens is 252 g/mol. The molecule has 0 spiro atoms. The number of nitrogens with zero attached hydrogens (tertiary/aromatic N) is 2. The number of pyridine rings is 1. The highest BCUT2D eigenvalue weighted by Crippen LogP contribution is 2.19. The highest BCUT2D eigenvalue weighted by atomic mass is 35.5. The van der Waals surface area contributed by atoms with Gasteiger partial charge >= 0.3 is 0 Å². The zero-order valence-electron chi connectivity index (χ0n) is 10.7. The van der Waals surface area contributed by atoms with Crippen LogP contribution in [0.1, 0.15) is 13.8 Å². The van der Waals surface area contributed by atoms with E-state index in [9.17, 15) is 0 Å². The standard InChI is InChI=1S/C12H19ClN4O/c1-9(2)8-17-12(14)16-6-7-18-11-10(13)4-3-5-15-11/h3-5,9H,6-8H2,1-2H3,(H3,14,16,17). The molecule has 1 aromatic heterocycles. The molecule has 0 aliphatic carbocycles. The highest BCUT2D eigenvalue weighted by molar-refractivity contribution is 6.31. The second-order valence-electron chi connectivity index (χ2n) is 4.19. The molecule has 0 amide bonds. The monoisotopic (exact) mass is 270 g/mol. The number of rotatable bonds is 6. The SMILES string of the molecule is CC(C)CN=C(N)NCCOc1ncccc1Cl. The fraction of sp³-hybridized carbons (Fsp3) is 0.500. The van der Waals surface area contributed by atoms with Gasteiger partial charge in [0, 0.05) is 12.7 Å². The lowest BCUT2D eigenvalue weighted by molar-refractivity contribution is 0.310. The van der Waals surface area contributed by atoms with E-state index in [1.165, 1.54) is 0 Å². The zero-order valence-corrected chi connectivity index (χ0v) is 11.4. The summed E-state index contributed by atoms with van der Waals surface area (Å²) in [6, 6.07) is 3.49. The van der Waals surface area contributed by atoms with Crippen LogP contribution in [0.4, 0.5) is 0 Å². The molecule has 0 aliphatic rings. The normalized spacial score (nSPS) is 11.7. The van der Waals surface area contributed by atoms with Crippen molar-refractivity contribution in [2.24, 2.45) is 16.6 Å². The van der Waals surface area contributed by atoms with E-state index in [0.717, 1.165) is 0 Å². The van der Waals surface area contributed by atoms with Crippen LogP contribution in [0.5, 0.6) is 5.88 Å². The van der Waals surface area contributed by atoms with Crippen LogP contribution in [0.25, 0.3) is 0 Å². The van der Waals surface area contributed by atoms with Gasteiger partial charge in [-0.05, 0) is 18.1 Å². The quantitative estimate of drug-likeness (QED) is 0.469. The minimum absolute atomic E-state index is 0.425. The molecule has 100 valence electrons. The minimum Gasteiger partial charge on any atom is -0.475 e. The van der Waals surface area contributed by atoms with Gasteiger partial charge in [-0.1, -0.05) is 25.4 Å². The van der Waals surface area contributed by atoms with E-state index in [4.69, 9.17) is 22.1 Å². The van der Waals surface area contributed by atoms with Crippen LogP contribution in [-0.2, 0) is 0 Å². The lowest BCUT2D eigenvalue weighted by Gasteiger charge is -2.08. The van der Waals surface area contributed by atoms with Gasteiger partial charge in [0.1, 0.15) is 11.6 Å². The van der Waals surface area contributed by atoms with Crippen molar-refractivity contribution in [3.63, 3.8) is 0 Å². The van der Waals surface area contributed by atoms with Crippen LogP contribution in [-0.4, -0.2) is 30.6 Å². The Morgan fingerprint density at radius 3 is 3.06 bits per heavy atom. The van der Waals surface area contributed by atoms with E-state index in [1.54, 1.807) is 18.3 Å². The first-order valence-corrected chi connectivity index (χ1v) is 6.24. The molecular formula is C12H19ClN4O. The molecule has 3 N–H and O–H groups in total. The molecule has 5 nitrogen and oxygen atoms in total. The molecule has 1 heterocycles. The van der Waals surface area contributed by atoms with Crippen molar-refractivity contribution < 1.29 is 4.74 Å².